The fourth-order valence-electron chi connectivity index (χ4n) is 3.41. The summed E-state index contributed by atoms with van der Waals surface area (Å²) in [5.74, 6) is 2.17. The molecule has 0 aromatic carbocycles. The summed E-state index contributed by atoms with van der Waals surface area (Å²) in [5.41, 5.74) is -0.0629. The normalized spacial score (nSPS) is 34.8. The number of guanidine groups is 1. The highest BCUT2D eigenvalue weighted by Crippen LogP contribution is 2.37. The minimum absolute atomic E-state index is 0. The molecule has 3 N–H and O–H groups in total. The molecule has 4 nitrogen and oxygen atoms in total. The lowest BCUT2D eigenvalue weighted by Crippen LogP contribution is -2.45. The van der Waals surface area contributed by atoms with E-state index < -0.39 is 0 Å². The van der Waals surface area contributed by atoms with Gasteiger partial charge in [-0.25, -0.2) is 0 Å². The SMILES string of the molecule is CCNC(=NCC1(C)CCCCC1O)NCC1(C)CCCS1.I. The maximum Gasteiger partial charge on any atom is 0.191 e. The molecule has 1 aliphatic carbocycles. The molecule has 136 valence electrons. The fraction of sp³-hybridized carbons (Fsp3) is 0.941. The number of rotatable bonds is 5. The number of hydrogen-bond donors (Lipinski definition) is 3. The van der Waals surface area contributed by atoms with Crippen molar-refractivity contribution in [3.63, 3.8) is 0 Å². The van der Waals surface area contributed by atoms with Crippen molar-refractivity contribution in [2.45, 2.75) is 70.1 Å². The molecule has 3 atom stereocenters. The van der Waals surface area contributed by atoms with Gasteiger partial charge in [0.15, 0.2) is 5.96 Å². The van der Waals surface area contributed by atoms with E-state index in [-0.39, 0.29) is 35.5 Å². The number of aliphatic imine (C=N–C) groups is 1. The van der Waals surface area contributed by atoms with E-state index in [0.717, 1.165) is 38.3 Å². The third-order valence-electron chi connectivity index (χ3n) is 5.15. The Morgan fingerprint density at radius 3 is 2.61 bits per heavy atom. The van der Waals surface area contributed by atoms with E-state index in [1.807, 2.05) is 0 Å². The molecule has 6 heteroatoms. The van der Waals surface area contributed by atoms with Crippen molar-refractivity contribution < 1.29 is 5.11 Å². The molecule has 23 heavy (non-hydrogen) atoms. The molecule has 2 fully saturated rings. The number of hydrogen-bond acceptors (Lipinski definition) is 3. The van der Waals surface area contributed by atoms with Crippen LogP contribution < -0.4 is 10.6 Å². The van der Waals surface area contributed by atoms with Crippen molar-refractivity contribution in [1.29, 1.82) is 0 Å². The number of nitrogens with one attached hydrogen (secondary N) is 2. The summed E-state index contributed by atoms with van der Waals surface area (Å²) in [6.45, 7) is 9.15. The van der Waals surface area contributed by atoms with Gasteiger partial charge < -0.3 is 15.7 Å². The molecular weight excluding hydrogens is 421 g/mol. The predicted octanol–water partition coefficient (Wildman–Crippen LogP) is 3.39. The lowest BCUT2D eigenvalue weighted by atomic mass is 9.73. The largest absolute Gasteiger partial charge is 0.392 e. The average Bonchev–Trinajstić information content (AvgIpc) is 2.93. The number of aliphatic hydroxyl groups is 1. The van der Waals surface area contributed by atoms with E-state index in [1.54, 1.807) is 0 Å². The molecule has 1 saturated heterocycles. The van der Waals surface area contributed by atoms with Gasteiger partial charge in [-0.3, -0.25) is 4.99 Å². The van der Waals surface area contributed by atoms with Crippen LogP contribution in [0.4, 0.5) is 0 Å². The van der Waals surface area contributed by atoms with Crippen LogP contribution in [0.5, 0.6) is 0 Å². The topological polar surface area (TPSA) is 56.7 Å². The number of halogens is 1. The Balaban J connectivity index is 0.00000264. The van der Waals surface area contributed by atoms with Gasteiger partial charge in [-0.15, -0.1) is 24.0 Å². The molecule has 3 unspecified atom stereocenters. The van der Waals surface area contributed by atoms with Gasteiger partial charge in [0, 0.05) is 23.3 Å². The van der Waals surface area contributed by atoms with Gasteiger partial charge in [0.25, 0.3) is 0 Å². The van der Waals surface area contributed by atoms with Gasteiger partial charge >= 0.3 is 0 Å². The predicted molar refractivity (Wildman–Crippen MR) is 112 cm³/mol. The quantitative estimate of drug-likeness (QED) is 0.338. The van der Waals surface area contributed by atoms with Crippen LogP contribution in [0.1, 0.15) is 59.3 Å². The Hall–Kier alpha value is 0.310. The van der Waals surface area contributed by atoms with Crippen LogP contribution in [0.15, 0.2) is 4.99 Å². The van der Waals surface area contributed by atoms with E-state index in [1.165, 1.54) is 25.0 Å². The third-order valence-corrected chi connectivity index (χ3v) is 6.69. The van der Waals surface area contributed by atoms with Crippen molar-refractivity contribution in [3.05, 3.63) is 0 Å². The summed E-state index contributed by atoms with van der Waals surface area (Å²) in [4.78, 5) is 4.78. The van der Waals surface area contributed by atoms with Crippen molar-refractivity contribution in [2.75, 3.05) is 25.4 Å². The van der Waals surface area contributed by atoms with Crippen molar-refractivity contribution in [2.24, 2.45) is 10.4 Å². The first-order chi connectivity index (χ1) is 10.5. The Morgan fingerprint density at radius 1 is 1.22 bits per heavy atom. The summed E-state index contributed by atoms with van der Waals surface area (Å²) in [6.07, 6.45) is 6.74. The lowest BCUT2D eigenvalue weighted by Gasteiger charge is -2.37. The van der Waals surface area contributed by atoms with Crippen LogP contribution in [0, 0.1) is 5.41 Å². The first-order valence-corrected chi connectivity index (χ1v) is 9.80. The average molecular weight is 455 g/mol. The molecule has 2 aliphatic rings. The first-order valence-electron chi connectivity index (χ1n) is 8.82. The van der Waals surface area contributed by atoms with Gasteiger partial charge in [0.05, 0.1) is 12.6 Å². The molecule has 0 aromatic rings. The second-order valence-corrected chi connectivity index (χ2v) is 9.05. The summed E-state index contributed by atoms with van der Waals surface area (Å²) >= 11 is 2.07. The second-order valence-electron chi connectivity index (χ2n) is 7.37. The smallest absolute Gasteiger partial charge is 0.191 e. The molecule has 2 rings (SSSR count). The highest BCUT2D eigenvalue weighted by molar-refractivity contribution is 14.0. The summed E-state index contributed by atoms with van der Waals surface area (Å²) in [6, 6.07) is 0. The zero-order chi connectivity index (χ0) is 16.1. The maximum atomic E-state index is 10.3. The van der Waals surface area contributed by atoms with E-state index in [0.29, 0.717) is 11.3 Å². The summed E-state index contributed by atoms with van der Waals surface area (Å²) in [5, 5.41) is 17.2. The highest BCUT2D eigenvalue weighted by atomic mass is 127. The molecule has 0 radical (unpaired) electrons. The van der Waals surface area contributed by atoms with E-state index in [4.69, 9.17) is 4.99 Å². The van der Waals surface area contributed by atoms with Crippen molar-refractivity contribution in [3.8, 4) is 0 Å². The van der Waals surface area contributed by atoms with Crippen molar-refractivity contribution >= 4 is 41.7 Å². The molecule has 0 spiro atoms. The zero-order valence-corrected chi connectivity index (χ0v) is 18.0. The number of nitrogens with zero attached hydrogens (tertiary/aromatic N) is 1. The Kier molecular flexibility index (Phi) is 9.01. The van der Waals surface area contributed by atoms with E-state index in [2.05, 4.69) is 43.2 Å². The van der Waals surface area contributed by atoms with Gasteiger partial charge in [-0.1, -0.05) is 19.8 Å². The lowest BCUT2D eigenvalue weighted by molar-refractivity contribution is 0.00716. The van der Waals surface area contributed by atoms with E-state index >= 15 is 0 Å². The molecule has 0 aromatic heterocycles. The maximum absolute atomic E-state index is 10.3. The Labute approximate surface area is 163 Å². The monoisotopic (exact) mass is 455 g/mol. The van der Waals surface area contributed by atoms with Gasteiger partial charge in [0.2, 0.25) is 0 Å². The molecule has 1 aliphatic heterocycles. The molecule has 1 heterocycles. The minimum Gasteiger partial charge on any atom is -0.392 e. The first kappa shape index (κ1) is 21.4. The van der Waals surface area contributed by atoms with Crippen LogP contribution in [-0.4, -0.2) is 47.3 Å². The standard InChI is InChI=1S/C17H33N3OS.HI/c1-4-18-15(20-13-17(3)10-7-11-22-17)19-12-16(2)9-6-5-8-14(16)21;/h14,21H,4-13H2,1-3H3,(H2,18,19,20);1H. The highest BCUT2D eigenvalue weighted by Gasteiger charge is 2.35. The van der Waals surface area contributed by atoms with Crippen LogP contribution in [0.3, 0.4) is 0 Å². The van der Waals surface area contributed by atoms with Gasteiger partial charge in [-0.05, 0) is 45.3 Å². The zero-order valence-electron chi connectivity index (χ0n) is 14.9. The fourth-order valence-corrected chi connectivity index (χ4v) is 4.66. The number of aliphatic hydroxyl groups excluding tert-OH is 1. The third kappa shape index (κ3) is 6.27. The Bertz CT molecular complexity index is 388. The summed E-state index contributed by atoms with van der Waals surface area (Å²) < 4.78 is 0.338. The molecule has 0 amide bonds. The minimum atomic E-state index is -0.212. The molecule has 0 bridgehead atoms. The number of thioether (sulfide) groups is 1. The van der Waals surface area contributed by atoms with Crippen molar-refractivity contribution in [1.82, 2.24) is 10.6 Å². The van der Waals surface area contributed by atoms with Gasteiger partial charge in [0.1, 0.15) is 0 Å². The molecular formula is C17H34IN3OS. The Morgan fingerprint density at radius 2 is 2.00 bits per heavy atom. The van der Waals surface area contributed by atoms with Crippen LogP contribution >= 0.6 is 35.7 Å². The van der Waals surface area contributed by atoms with Crippen LogP contribution in [0.25, 0.3) is 0 Å². The summed E-state index contributed by atoms with van der Waals surface area (Å²) in [7, 11) is 0. The second kappa shape index (κ2) is 9.70. The van der Waals surface area contributed by atoms with Gasteiger partial charge in [-0.2, -0.15) is 11.8 Å². The van der Waals surface area contributed by atoms with Crippen LogP contribution in [0.2, 0.25) is 0 Å². The van der Waals surface area contributed by atoms with Crippen LogP contribution in [-0.2, 0) is 0 Å². The molecule has 1 saturated carbocycles. The van der Waals surface area contributed by atoms with E-state index in [9.17, 15) is 5.11 Å².